The van der Waals surface area contributed by atoms with Gasteiger partial charge in [0.2, 0.25) is 0 Å². The van der Waals surface area contributed by atoms with Crippen LogP contribution in [0.1, 0.15) is 42.3 Å². The van der Waals surface area contributed by atoms with Gasteiger partial charge in [0.15, 0.2) is 11.4 Å². The summed E-state index contributed by atoms with van der Waals surface area (Å²) in [7, 11) is 0. The Morgan fingerprint density at radius 1 is 1.17 bits per heavy atom. The molecule has 0 unspecified atom stereocenters. The van der Waals surface area contributed by atoms with Crippen LogP contribution >= 0.6 is 0 Å². The van der Waals surface area contributed by atoms with E-state index in [0.29, 0.717) is 19.1 Å². The molecular formula is C19H23N3O. The van der Waals surface area contributed by atoms with Crippen LogP contribution in [0.3, 0.4) is 0 Å². The highest BCUT2D eigenvalue weighted by molar-refractivity contribution is 5.56. The molecule has 0 amide bonds. The number of ether oxygens (including phenoxy) is 1. The second-order valence-corrected chi connectivity index (χ2v) is 6.14. The van der Waals surface area contributed by atoms with Gasteiger partial charge in [0.05, 0.1) is 11.4 Å². The Morgan fingerprint density at radius 2 is 1.91 bits per heavy atom. The number of fused-ring (bicyclic) bond motifs is 1. The van der Waals surface area contributed by atoms with Gasteiger partial charge in [-0.3, -0.25) is 4.40 Å². The third-order valence-electron chi connectivity index (χ3n) is 4.00. The third kappa shape index (κ3) is 3.08. The molecule has 0 spiro atoms. The van der Waals surface area contributed by atoms with Gasteiger partial charge in [-0.15, -0.1) is 0 Å². The molecule has 0 bridgehead atoms. The molecule has 3 aromatic rings. The summed E-state index contributed by atoms with van der Waals surface area (Å²) in [5.41, 5.74) is 11.2. The smallest absolute Gasteiger partial charge is 0.180 e. The van der Waals surface area contributed by atoms with Crippen LogP contribution < -0.4 is 10.5 Å². The molecule has 3 rings (SSSR count). The number of rotatable bonds is 5. The van der Waals surface area contributed by atoms with Crippen molar-refractivity contribution in [2.45, 2.75) is 39.8 Å². The van der Waals surface area contributed by atoms with Crippen molar-refractivity contribution in [3.63, 3.8) is 0 Å². The molecule has 0 aliphatic carbocycles. The predicted molar refractivity (Wildman–Crippen MR) is 92.7 cm³/mol. The normalized spacial score (nSPS) is 11.3. The van der Waals surface area contributed by atoms with Crippen molar-refractivity contribution >= 4 is 5.65 Å². The van der Waals surface area contributed by atoms with Gasteiger partial charge < -0.3 is 10.5 Å². The van der Waals surface area contributed by atoms with Crippen molar-refractivity contribution in [1.29, 1.82) is 0 Å². The molecule has 0 saturated carbocycles. The Hall–Kier alpha value is -2.33. The van der Waals surface area contributed by atoms with Crippen LogP contribution in [0.5, 0.6) is 5.75 Å². The lowest BCUT2D eigenvalue weighted by Gasteiger charge is -2.08. The monoisotopic (exact) mass is 309 g/mol. The van der Waals surface area contributed by atoms with E-state index >= 15 is 0 Å². The van der Waals surface area contributed by atoms with Crippen LogP contribution in [0.4, 0.5) is 0 Å². The molecule has 4 heteroatoms. The van der Waals surface area contributed by atoms with Crippen molar-refractivity contribution in [3.05, 3.63) is 65.1 Å². The van der Waals surface area contributed by atoms with E-state index in [9.17, 15) is 0 Å². The minimum absolute atomic E-state index is 0.332. The second-order valence-electron chi connectivity index (χ2n) is 6.14. The van der Waals surface area contributed by atoms with Crippen molar-refractivity contribution in [2.75, 3.05) is 0 Å². The fraction of sp³-hybridized carbons (Fsp3) is 0.316. The topological polar surface area (TPSA) is 52.5 Å². The number of imidazole rings is 1. The number of benzene rings is 1. The molecule has 120 valence electrons. The number of nitrogens with zero attached hydrogens (tertiary/aromatic N) is 2. The SMILES string of the molecule is Cc1ccc(COc2cccn3c(CN)c(C(C)C)nc23)cc1. The van der Waals surface area contributed by atoms with E-state index in [1.807, 2.05) is 22.7 Å². The Balaban J connectivity index is 1.93. The Morgan fingerprint density at radius 3 is 2.57 bits per heavy atom. The van der Waals surface area contributed by atoms with E-state index in [-0.39, 0.29) is 0 Å². The standard InChI is InChI=1S/C19H23N3O/c1-13(2)18-16(11-20)22-10-4-5-17(19(22)21-18)23-12-15-8-6-14(3)7-9-15/h4-10,13H,11-12,20H2,1-3H3. The molecule has 0 aliphatic rings. The zero-order valence-corrected chi connectivity index (χ0v) is 13.9. The fourth-order valence-electron chi connectivity index (χ4n) is 2.73. The van der Waals surface area contributed by atoms with Crippen LogP contribution in [0.15, 0.2) is 42.6 Å². The molecule has 2 heterocycles. The minimum Gasteiger partial charge on any atom is -0.485 e. The van der Waals surface area contributed by atoms with E-state index in [1.54, 1.807) is 0 Å². The van der Waals surface area contributed by atoms with Crippen LogP contribution in [-0.4, -0.2) is 9.38 Å². The Kier molecular flexibility index (Phi) is 4.35. The maximum atomic E-state index is 6.01. The number of hydrogen-bond acceptors (Lipinski definition) is 3. The van der Waals surface area contributed by atoms with E-state index < -0.39 is 0 Å². The maximum Gasteiger partial charge on any atom is 0.180 e. The first-order valence-electron chi connectivity index (χ1n) is 7.98. The van der Waals surface area contributed by atoms with E-state index in [4.69, 9.17) is 15.5 Å². The predicted octanol–water partition coefficient (Wildman–Crippen LogP) is 3.80. The molecule has 1 aromatic carbocycles. The lowest BCUT2D eigenvalue weighted by atomic mass is 10.1. The van der Waals surface area contributed by atoms with E-state index in [0.717, 1.165) is 28.3 Å². The largest absolute Gasteiger partial charge is 0.485 e. The van der Waals surface area contributed by atoms with Crippen LogP contribution in [0.2, 0.25) is 0 Å². The summed E-state index contributed by atoms with van der Waals surface area (Å²) in [6.45, 7) is 7.34. The number of nitrogens with two attached hydrogens (primary N) is 1. The van der Waals surface area contributed by atoms with Gasteiger partial charge in [-0.1, -0.05) is 43.7 Å². The number of aromatic nitrogens is 2. The quantitative estimate of drug-likeness (QED) is 0.780. The highest BCUT2D eigenvalue weighted by Crippen LogP contribution is 2.26. The summed E-state index contributed by atoms with van der Waals surface area (Å²) < 4.78 is 8.06. The van der Waals surface area contributed by atoms with Gasteiger partial charge in [0.25, 0.3) is 0 Å². The summed E-state index contributed by atoms with van der Waals surface area (Å²) >= 11 is 0. The van der Waals surface area contributed by atoms with Gasteiger partial charge >= 0.3 is 0 Å². The Labute approximate surface area is 136 Å². The molecule has 0 aliphatic heterocycles. The van der Waals surface area contributed by atoms with Crippen LogP contribution in [0.25, 0.3) is 5.65 Å². The van der Waals surface area contributed by atoms with Gasteiger partial charge in [-0.05, 0) is 30.5 Å². The summed E-state index contributed by atoms with van der Waals surface area (Å²) in [4.78, 5) is 4.77. The zero-order valence-electron chi connectivity index (χ0n) is 13.9. The first-order chi connectivity index (χ1) is 11.1. The second kappa shape index (κ2) is 6.42. The third-order valence-corrected chi connectivity index (χ3v) is 4.00. The molecule has 23 heavy (non-hydrogen) atoms. The number of hydrogen-bond donors (Lipinski definition) is 1. The molecule has 4 nitrogen and oxygen atoms in total. The Bertz CT molecular complexity index is 803. The average molecular weight is 309 g/mol. The van der Waals surface area contributed by atoms with Crippen molar-refractivity contribution < 1.29 is 4.74 Å². The van der Waals surface area contributed by atoms with Crippen LogP contribution in [0, 0.1) is 6.92 Å². The zero-order chi connectivity index (χ0) is 16.4. The molecule has 2 N–H and O–H groups in total. The average Bonchev–Trinajstić information content (AvgIpc) is 2.93. The summed E-state index contributed by atoms with van der Waals surface area (Å²) in [5.74, 6) is 1.12. The highest BCUT2D eigenvalue weighted by Gasteiger charge is 2.16. The molecule has 2 aromatic heterocycles. The number of aryl methyl sites for hydroxylation is 1. The van der Waals surface area contributed by atoms with Crippen molar-refractivity contribution in [2.24, 2.45) is 5.73 Å². The lowest BCUT2D eigenvalue weighted by molar-refractivity contribution is 0.308. The summed E-state index contributed by atoms with van der Waals surface area (Å²) in [5, 5.41) is 0. The molecule has 0 radical (unpaired) electrons. The summed E-state index contributed by atoms with van der Waals surface area (Å²) in [6.07, 6.45) is 2.00. The fourth-order valence-corrected chi connectivity index (χ4v) is 2.73. The molecule has 0 saturated heterocycles. The first kappa shape index (κ1) is 15.6. The minimum atomic E-state index is 0.332. The number of pyridine rings is 1. The lowest BCUT2D eigenvalue weighted by Crippen LogP contribution is -2.05. The molecular weight excluding hydrogens is 286 g/mol. The van der Waals surface area contributed by atoms with E-state index in [1.165, 1.54) is 5.56 Å². The van der Waals surface area contributed by atoms with Gasteiger partial charge in [0.1, 0.15) is 6.61 Å². The molecule has 0 fully saturated rings. The highest BCUT2D eigenvalue weighted by atomic mass is 16.5. The first-order valence-corrected chi connectivity index (χ1v) is 7.98. The molecule has 0 atom stereocenters. The van der Waals surface area contributed by atoms with E-state index in [2.05, 4.69) is 45.0 Å². The maximum absolute atomic E-state index is 6.01. The van der Waals surface area contributed by atoms with Gasteiger partial charge in [-0.2, -0.15) is 0 Å². The summed E-state index contributed by atoms with van der Waals surface area (Å²) in [6, 6.07) is 12.3. The van der Waals surface area contributed by atoms with Gasteiger partial charge in [0, 0.05) is 12.7 Å². The van der Waals surface area contributed by atoms with Crippen molar-refractivity contribution in [1.82, 2.24) is 9.38 Å². The van der Waals surface area contributed by atoms with Gasteiger partial charge in [-0.25, -0.2) is 4.98 Å². The van der Waals surface area contributed by atoms with Crippen molar-refractivity contribution in [3.8, 4) is 5.75 Å². The van der Waals surface area contributed by atoms with Crippen LogP contribution in [-0.2, 0) is 13.2 Å².